The van der Waals surface area contributed by atoms with Crippen molar-refractivity contribution in [3.63, 3.8) is 0 Å². The third-order valence-corrected chi connectivity index (χ3v) is 5.68. The number of nitrogens with zero attached hydrogens (tertiary/aromatic N) is 4. The van der Waals surface area contributed by atoms with Gasteiger partial charge in [-0.25, -0.2) is 0 Å². The van der Waals surface area contributed by atoms with E-state index in [2.05, 4.69) is 15.4 Å². The summed E-state index contributed by atoms with van der Waals surface area (Å²) in [6.07, 6.45) is 0.582. The lowest BCUT2D eigenvalue weighted by Crippen LogP contribution is -2.28. The Balaban J connectivity index is 1.56. The number of carbonyl (C=O) groups excluding carboxylic acids is 1. The standard InChI is InChI=1S/C25H27N5O2/c1-4-29-18(3)21(14-15-22(31)26-16-19-12-10-17(2)11-13-19)24(32)30-25(29)27-23(28-30)20-8-6-5-7-9-20/h5-13H,4,14-16H2,1-3H3,(H,26,31). The van der Waals surface area contributed by atoms with Gasteiger partial charge in [0.25, 0.3) is 5.56 Å². The molecule has 4 rings (SSSR count). The van der Waals surface area contributed by atoms with Crippen LogP contribution in [0.5, 0.6) is 0 Å². The normalized spacial score (nSPS) is 11.1. The number of hydrogen-bond acceptors (Lipinski definition) is 4. The van der Waals surface area contributed by atoms with Crippen molar-refractivity contribution in [2.45, 2.75) is 46.7 Å². The average molecular weight is 430 g/mol. The molecule has 1 amide bonds. The zero-order valence-corrected chi connectivity index (χ0v) is 18.6. The third-order valence-electron chi connectivity index (χ3n) is 5.68. The molecule has 0 aliphatic heterocycles. The van der Waals surface area contributed by atoms with E-state index in [1.807, 2.05) is 79.9 Å². The van der Waals surface area contributed by atoms with Crippen LogP contribution in [-0.4, -0.2) is 25.1 Å². The highest BCUT2D eigenvalue weighted by atomic mass is 16.1. The van der Waals surface area contributed by atoms with Gasteiger partial charge in [0.05, 0.1) is 0 Å². The van der Waals surface area contributed by atoms with E-state index in [-0.39, 0.29) is 17.9 Å². The van der Waals surface area contributed by atoms with Gasteiger partial charge >= 0.3 is 0 Å². The van der Waals surface area contributed by atoms with Crippen molar-refractivity contribution in [3.05, 3.63) is 87.3 Å². The number of hydrogen-bond donors (Lipinski definition) is 1. The summed E-state index contributed by atoms with van der Waals surface area (Å²) >= 11 is 0. The largest absolute Gasteiger partial charge is 0.352 e. The van der Waals surface area contributed by atoms with Gasteiger partial charge in [0.2, 0.25) is 11.7 Å². The van der Waals surface area contributed by atoms with Crippen molar-refractivity contribution in [3.8, 4) is 11.4 Å². The Labute approximate surface area is 186 Å². The second kappa shape index (κ2) is 9.18. The second-order valence-electron chi connectivity index (χ2n) is 7.89. The molecule has 0 unspecified atom stereocenters. The van der Waals surface area contributed by atoms with Crippen LogP contribution in [0.15, 0.2) is 59.4 Å². The lowest BCUT2D eigenvalue weighted by atomic mass is 10.1. The van der Waals surface area contributed by atoms with E-state index in [1.165, 1.54) is 10.1 Å². The van der Waals surface area contributed by atoms with Crippen LogP contribution >= 0.6 is 0 Å². The van der Waals surface area contributed by atoms with Crippen LogP contribution in [0.4, 0.5) is 0 Å². The molecule has 0 saturated heterocycles. The Kier molecular flexibility index (Phi) is 6.16. The highest BCUT2D eigenvalue weighted by Crippen LogP contribution is 2.17. The van der Waals surface area contributed by atoms with Crippen LogP contribution in [0.1, 0.15) is 35.7 Å². The van der Waals surface area contributed by atoms with Gasteiger partial charge < -0.3 is 9.88 Å². The van der Waals surface area contributed by atoms with Crippen LogP contribution in [0.2, 0.25) is 0 Å². The number of aromatic nitrogens is 4. The maximum atomic E-state index is 13.2. The number of aryl methyl sites for hydroxylation is 2. The molecule has 0 saturated carbocycles. The molecule has 7 nitrogen and oxygen atoms in total. The first-order valence-corrected chi connectivity index (χ1v) is 10.8. The zero-order valence-electron chi connectivity index (χ0n) is 18.6. The van der Waals surface area contributed by atoms with E-state index in [4.69, 9.17) is 0 Å². The first-order valence-electron chi connectivity index (χ1n) is 10.8. The minimum Gasteiger partial charge on any atom is -0.352 e. The molecular formula is C25H27N5O2. The number of benzene rings is 2. The van der Waals surface area contributed by atoms with Gasteiger partial charge in [0.15, 0.2) is 5.82 Å². The summed E-state index contributed by atoms with van der Waals surface area (Å²) in [5.74, 6) is 0.940. The summed E-state index contributed by atoms with van der Waals surface area (Å²) in [6.45, 7) is 7.06. The molecule has 0 atom stereocenters. The summed E-state index contributed by atoms with van der Waals surface area (Å²) in [4.78, 5) is 30.2. The molecule has 7 heteroatoms. The van der Waals surface area contributed by atoms with E-state index in [0.717, 1.165) is 16.8 Å². The van der Waals surface area contributed by atoms with Crippen molar-refractivity contribution < 1.29 is 4.79 Å². The van der Waals surface area contributed by atoms with Crippen LogP contribution < -0.4 is 10.9 Å². The summed E-state index contributed by atoms with van der Waals surface area (Å²) in [6, 6.07) is 17.6. The molecule has 0 spiro atoms. The van der Waals surface area contributed by atoms with Gasteiger partial charge in [0, 0.05) is 36.3 Å². The molecule has 0 bridgehead atoms. The number of amides is 1. The summed E-state index contributed by atoms with van der Waals surface area (Å²) in [5, 5.41) is 7.41. The van der Waals surface area contributed by atoms with Crippen molar-refractivity contribution >= 4 is 11.7 Å². The molecule has 0 aliphatic rings. The van der Waals surface area contributed by atoms with Gasteiger partial charge in [-0.3, -0.25) is 9.59 Å². The van der Waals surface area contributed by atoms with Crippen molar-refractivity contribution in [1.29, 1.82) is 0 Å². The van der Waals surface area contributed by atoms with Crippen molar-refractivity contribution in [2.24, 2.45) is 0 Å². The number of nitrogens with one attached hydrogen (secondary N) is 1. The molecule has 4 aromatic rings. The molecule has 1 N–H and O–H groups in total. The fourth-order valence-electron chi connectivity index (χ4n) is 3.82. The van der Waals surface area contributed by atoms with Gasteiger partial charge in [0.1, 0.15) is 0 Å². The van der Waals surface area contributed by atoms with E-state index in [0.29, 0.717) is 36.7 Å². The minimum atomic E-state index is -0.219. The number of carbonyl (C=O) groups is 1. The zero-order chi connectivity index (χ0) is 22.7. The third kappa shape index (κ3) is 4.32. The van der Waals surface area contributed by atoms with Gasteiger partial charge in [-0.05, 0) is 32.8 Å². The van der Waals surface area contributed by atoms with Crippen molar-refractivity contribution in [2.75, 3.05) is 0 Å². The SMILES string of the molecule is CCn1c(C)c(CCC(=O)NCc2ccc(C)cc2)c(=O)n2nc(-c3ccccc3)nc12. The smallest absolute Gasteiger partial charge is 0.279 e. The van der Waals surface area contributed by atoms with E-state index < -0.39 is 0 Å². The summed E-state index contributed by atoms with van der Waals surface area (Å²) in [5.41, 5.74) is 4.28. The quantitative estimate of drug-likeness (QED) is 0.488. The second-order valence-corrected chi connectivity index (χ2v) is 7.89. The maximum absolute atomic E-state index is 13.2. The first kappa shape index (κ1) is 21.5. The monoisotopic (exact) mass is 429 g/mol. The van der Waals surface area contributed by atoms with Crippen LogP contribution in [0.25, 0.3) is 17.2 Å². The Morgan fingerprint density at radius 2 is 1.75 bits per heavy atom. The van der Waals surface area contributed by atoms with Crippen LogP contribution in [0, 0.1) is 13.8 Å². The summed E-state index contributed by atoms with van der Waals surface area (Å²) in [7, 11) is 0. The fourth-order valence-corrected chi connectivity index (χ4v) is 3.82. The molecule has 0 fully saturated rings. The lowest BCUT2D eigenvalue weighted by Gasteiger charge is -2.13. The molecule has 0 aliphatic carbocycles. The highest BCUT2D eigenvalue weighted by molar-refractivity contribution is 5.76. The molecule has 164 valence electrons. The Morgan fingerprint density at radius 1 is 1.03 bits per heavy atom. The Bertz CT molecular complexity index is 1300. The fraction of sp³-hybridized carbons (Fsp3) is 0.280. The topological polar surface area (TPSA) is 81.3 Å². The van der Waals surface area contributed by atoms with E-state index in [1.54, 1.807) is 0 Å². The molecule has 0 radical (unpaired) electrons. The summed E-state index contributed by atoms with van der Waals surface area (Å²) < 4.78 is 3.33. The molecule has 2 aromatic heterocycles. The Hall–Kier alpha value is -3.74. The van der Waals surface area contributed by atoms with Gasteiger partial charge in [-0.1, -0.05) is 60.2 Å². The molecule has 2 aromatic carbocycles. The minimum absolute atomic E-state index is 0.0870. The Morgan fingerprint density at radius 3 is 2.44 bits per heavy atom. The van der Waals surface area contributed by atoms with E-state index in [9.17, 15) is 9.59 Å². The average Bonchev–Trinajstić information content (AvgIpc) is 3.25. The molecular weight excluding hydrogens is 402 g/mol. The van der Waals surface area contributed by atoms with Crippen LogP contribution in [-0.2, 0) is 24.3 Å². The molecule has 32 heavy (non-hydrogen) atoms. The maximum Gasteiger partial charge on any atom is 0.279 e. The predicted molar refractivity (Wildman–Crippen MR) is 124 cm³/mol. The van der Waals surface area contributed by atoms with Crippen molar-refractivity contribution in [1.82, 2.24) is 24.5 Å². The predicted octanol–water partition coefficient (Wildman–Crippen LogP) is 3.44. The number of fused-ring (bicyclic) bond motifs is 1. The lowest BCUT2D eigenvalue weighted by molar-refractivity contribution is -0.121. The molecule has 2 heterocycles. The van der Waals surface area contributed by atoms with Gasteiger partial charge in [-0.2, -0.15) is 9.50 Å². The van der Waals surface area contributed by atoms with Gasteiger partial charge in [-0.15, -0.1) is 5.10 Å². The van der Waals surface area contributed by atoms with E-state index >= 15 is 0 Å². The highest BCUT2D eigenvalue weighted by Gasteiger charge is 2.18. The first-order chi connectivity index (χ1) is 15.5. The van der Waals surface area contributed by atoms with Crippen LogP contribution in [0.3, 0.4) is 0 Å². The number of rotatable bonds is 7.